The summed E-state index contributed by atoms with van der Waals surface area (Å²) in [5, 5.41) is 3.48. The van der Waals surface area contributed by atoms with Crippen LogP contribution in [0.2, 0.25) is 0 Å². The molecule has 0 saturated carbocycles. The minimum absolute atomic E-state index is 0.743. The minimum Gasteiger partial charge on any atom is -0.316 e. The molecule has 2 heterocycles. The van der Waals surface area contributed by atoms with Crippen LogP contribution in [-0.4, -0.2) is 18.1 Å². The Morgan fingerprint density at radius 3 is 3.06 bits per heavy atom. The molecule has 1 aromatic rings. The molecule has 3 rings (SSSR count). The first kappa shape index (κ1) is 10.5. The van der Waals surface area contributed by atoms with Gasteiger partial charge in [-0.3, -0.25) is 0 Å². The summed E-state index contributed by atoms with van der Waals surface area (Å²) in [5.41, 5.74) is 2.76. The Bertz CT molecular complexity index is 410. The number of aromatic nitrogens is 1. The van der Waals surface area contributed by atoms with E-state index < -0.39 is 0 Å². The van der Waals surface area contributed by atoms with Crippen molar-refractivity contribution in [2.24, 2.45) is 11.8 Å². The van der Waals surface area contributed by atoms with E-state index in [2.05, 4.69) is 38.4 Å². The lowest BCUT2D eigenvalue weighted by Crippen LogP contribution is -2.15. The number of fused-ring (bicyclic) bond motifs is 1. The molecule has 1 aromatic heterocycles. The van der Waals surface area contributed by atoms with Gasteiger partial charge in [-0.25, -0.2) is 4.98 Å². The molecule has 84 valence electrons. The predicted octanol–water partition coefficient (Wildman–Crippen LogP) is 2.86. The maximum absolute atomic E-state index is 4.30. The third kappa shape index (κ3) is 1.94. The maximum atomic E-state index is 4.30. The standard InChI is InChI=1S/C13H15BrN2/c14-13-4-3-11(8-16-13)9-1-2-10-6-15-7-12(10)5-9/h3-5,8,10,12,15H,1-2,6-7H2. The number of allylic oxidation sites excluding steroid dienone is 1. The second kappa shape index (κ2) is 4.30. The van der Waals surface area contributed by atoms with Gasteiger partial charge in [0.25, 0.3) is 0 Å². The molecule has 0 amide bonds. The lowest BCUT2D eigenvalue weighted by atomic mass is 9.81. The number of halogens is 1. The number of nitrogens with one attached hydrogen (secondary N) is 1. The molecule has 2 atom stereocenters. The average Bonchev–Trinajstić information content (AvgIpc) is 2.77. The number of rotatable bonds is 1. The summed E-state index contributed by atoms with van der Waals surface area (Å²) >= 11 is 3.37. The zero-order valence-electron chi connectivity index (χ0n) is 9.12. The van der Waals surface area contributed by atoms with Gasteiger partial charge in [0.15, 0.2) is 0 Å². The third-order valence-corrected chi connectivity index (χ3v) is 4.16. The molecule has 2 unspecified atom stereocenters. The van der Waals surface area contributed by atoms with E-state index in [1.807, 2.05) is 12.3 Å². The molecule has 2 aliphatic rings. The van der Waals surface area contributed by atoms with Crippen molar-refractivity contribution in [3.05, 3.63) is 34.6 Å². The zero-order valence-corrected chi connectivity index (χ0v) is 10.7. The molecule has 1 aliphatic carbocycles. The van der Waals surface area contributed by atoms with Gasteiger partial charge in [-0.05, 0) is 64.4 Å². The highest BCUT2D eigenvalue weighted by molar-refractivity contribution is 9.10. The SMILES string of the molecule is Brc1ccc(C2=CC3CNCC3CC2)cn1. The lowest BCUT2D eigenvalue weighted by molar-refractivity contribution is 0.448. The molecular formula is C13H15BrN2. The third-order valence-electron chi connectivity index (χ3n) is 3.69. The molecule has 1 fully saturated rings. The Hall–Kier alpha value is -0.670. The van der Waals surface area contributed by atoms with E-state index in [9.17, 15) is 0 Å². The summed E-state index contributed by atoms with van der Waals surface area (Å²) < 4.78 is 0.910. The van der Waals surface area contributed by atoms with Crippen LogP contribution in [0.4, 0.5) is 0 Å². The highest BCUT2D eigenvalue weighted by Gasteiger charge is 2.29. The lowest BCUT2D eigenvalue weighted by Gasteiger charge is -2.23. The van der Waals surface area contributed by atoms with Gasteiger partial charge in [0.1, 0.15) is 4.60 Å². The summed E-state index contributed by atoms with van der Waals surface area (Å²) in [6.45, 7) is 2.35. The van der Waals surface area contributed by atoms with Crippen LogP contribution in [0.5, 0.6) is 0 Å². The number of hydrogen-bond acceptors (Lipinski definition) is 2. The molecule has 0 bridgehead atoms. The molecular weight excluding hydrogens is 264 g/mol. The van der Waals surface area contributed by atoms with Crippen molar-refractivity contribution in [1.29, 1.82) is 0 Å². The first-order chi connectivity index (χ1) is 7.83. The molecule has 0 aromatic carbocycles. The Labute approximate surface area is 104 Å². The summed E-state index contributed by atoms with van der Waals surface area (Å²) in [7, 11) is 0. The van der Waals surface area contributed by atoms with Crippen molar-refractivity contribution < 1.29 is 0 Å². The van der Waals surface area contributed by atoms with Crippen molar-refractivity contribution in [2.45, 2.75) is 12.8 Å². The Balaban J connectivity index is 1.87. The highest BCUT2D eigenvalue weighted by Crippen LogP contribution is 2.35. The maximum Gasteiger partial charge on any atom is 0.106 e. The first-order valence-electron chi connectivity index (χ1n) is 5.86. The zero-order chi connectivity index (χ0) is 11.0. The predicted molar refractivity (Wildman–Crippen MR) is 69.0 cm³/mol. The fourth-order valence-electron chi connectivity index (χ4n) is 2.75. The van der Waals surface area contributed by atoms with Crippen molar-refractivity contribution in [1.82, 2.24) is 10.3 Å². The highest BCUT2D eigenvalue weighted by atomic mass is 79.9. The smallest absolute Gasteiger partial charge is 0.106 e. The van der Waals surface area contributed by atoms with Gasteiger partial charge in [-0.1, -0.05) is 12.1 Å². The largest absolute Gasteiger partial charge is 0.316 e. The second-order valence-corrected chi connectivity index (χ2v) is 5.49. The van der Waals surface area contributed by atoms with Crippen LogP contribution in [0.1, 0.15) is 18.4 Å². The van der Waals surface area contributed by atoms with Gasteiger partial charge in [0.05, 0.1) is 0 Å². The van der Waals surface area contributed by atoms with Gasteiger partial charge in [-0.15, -0.1) is 0 Å². The Morgan fingerprint density at radius 1 is 1.31 bits per heavy atom. The normalized spacial score (nSPS) is 28.7. The molecule has 1 aliphatic heterocycles. The molecule has 0 spiro atoms. The first-order valence-corrected chi connectivity index (χ1v) is 6.65. The fraction of sp³-hybridized carbons (Fsp3) is 0.462. The minimum atomic E-state index is 0.743. The topological polar surface area (TPSA) is 24.9 Å². The van der Waals surface area contributed by atoms with E-state index in [1.165, 1.54) is 30.5 Å². The fourth-order valence-corrected chi connectivity index (χ4v) is 2.99. The van der Waals surface area contributed by atoms with Crippen LogP contribution in [0, 0.1) is 11.8 Å². The Morgan fingerprint density at radius 2 is 2.25 bits per heavy atom. The van der Waals surface area contributed by atoms with E-state index in [0.29, 0.717) is 0 Å². The number of pyridine rings is 1. The van der Waals surface area contributed by atoms with Crippen LogP contribution >= 0.6 is 15.9 Å². The van der Waals surface area contributed by atoms with E-state index in [4.69, 9.17) is 0 Å². The van der Waals surface area contributed by atoms with Crippen molar-refractivity contribution in [2.75, 3.05) is 13.1 Å². The molecule has 1 saturated heterocycles. The average molecular weight is 279 g/mol. The molecule has 16 heavy (non-hydrogen) atoms. The molecule has 1 N–H and O–H groups in total. The van der Waals surface area contributed by atoms with Crippen LogP contribution < -0.4 is 5.32 Å². The Kier molecular flexibility index (Phi) is 2.82. The van der Waals surface area contributed by atoms with Crippen molar-refractivity contribution in [3.63, 3.8) is 0 Å². The molecule has 0 radical (unpaired) electrons. The van der Waals surface area contributed by atoms with Gasteiger partial charge in [-0.2, -0.15) is 0 Å². The summed E-state index contributed by atoms with van der Waals surface area (Å²) in [6.07, 6.45) is 6.95. The van der Waals surface area contributed by atoms with E-state index in [0.717, 1.165) is 23.0 Å². The van der Waals surface area contributed by atoms with Crippen LogP contribution in [0.3, 0.4) is 0 Å². The van der Waals surface area contributed by atoms with Gasteiger partial charge < -0.3 is 5.32 Å². The van der Waals surface area contributed by atoms with Crippen LogP contribution in [0.15, 0.2) is 29.0 Å². The van der Waals surface area contributed by atoms with Crippen molar-refractivity contribution in [3.8, 4) is 0 Å². The van der Waals surface area contributed by atoms with Gasteiger partial charge in [0, 0.05) is 12.7 Å². The molecule has 3 heteroatoms. The van der Waals surface area contributed by atoms with Crippen LogP contribution in [0.25, 0.3) is 5.57 Å². The molecule has 2 nitrogen and oxygen atoms in total. The summed E-state index contributed by atoms with van der Waals surface area (Å²) in [6, 6.07) is 4.18. The second-order valence-electron chi connectivity index (χ2n) is 4.68. The number of hydrogen-bond donors (Lipinski definition) is 1. The van der Waals surface area contributed by atoms with E-state index in [-0.39, 0.29) is 0 Å². The number of nitrogens with zero attached hydrogens (tertiary/aromatic N) is 1. The summed E-state index contributed by atoms with van der Waals surface area (Å²) in [5.74, 6) is 1.61. The monoisotopic (exact) mass is 278 g/mol. The van der Waals surface area contributed by atoms with Crippen LogP contribution in [-0.2, 0) is 0 Å². The quantitative estimate of drug-likeness (QED) is 0.800. The van der Waals surface area contributed by atoms with Gasteiger partial charge in [0.2, 0.25) is 0 Å². The van der Waals surface area contributed by atoms with E-state index >= 15 is 0 Å². The van der Waals surface area contributed by atoms with Gasteiger partial charge >= 0.3 is 0 Å². The summed E-state index contributed by atoms with van der Waals surface area (Å²) in [4.78, 5) is 4.30. The van der Waals surface area contributed by atoms with E-state index in [1.54, 1.807) is 0 Å². The van der Waals surface area contributed by atoms with Crippen molar-refractivity contribution >= 4 is 21.5 Å².